The van der Waals surface area contributed by atoms with E-state index in [2.05, 4.69) is 130 Å². The van der Waals surface area contributed by atoms with Gasteiger partial charge < -0.3 is 18.3 Å². The van der Waals surface area contributed by atoms with Crippen LogP contribution in [0.1, 0.15) is 0 Å². The third-order valence-corrected chi connectivity index (χ3v) is 9.68. The first kappa shape index (κ1) is 24.1. The molecule has 0 aliphatic carbocycles. The Bertz CT molecular complexity index is 2780. The molecule has 11 rings (SSSR count). The minimum absolute atomic E-state index is 0.722. The second-order valence-corrected chi connectivity index (χ2v) is 12.1. The molecule has 0 N–H and O–H groups in total. The van der Waals surface area contributed by atoms with Gasteiger partial charge in [-0.25, -0.2) is 0 Å². The average molecular weight is 589 g/mol. The fourth-order valence-electron chi connectivity index (χ4n) is 7.90. The van der Waals surface area contributed by atoms with E-state index >= 15 is 0 Å². The number of hydrogen-bond acceptors (Lipinski definition) is 2. The van der Waals surface area contributed by atoms with E-state index in [0.29, 0.717) is 0 Å². The van der Waals surface area contributed by atoms with Gasteiger partial charge in [0.25, 0.3) is 0 Å². The lowest BCUT2D eigenvalue weighted by atomic mass is 10.1. The van der Waals surface area contributed by atoms with Crippen LogP contribution in [0.3, 0.4) is 0 Å². The van der Waals surface area contributed by atoms with E-state index in [-0.39, 0.29) is 0 Å². The van der Waals surface area contributed by atoms with Crippen LogP contribution in [-0.2, 0) is 0 Å². The molecular weight excluding hydrogens is 564 g/mol. The summed E-state index contributed by atoms with van der Waals surface area (Å²) in [5.41, 5.74) is 6.98. The van der Waals surface area contributed by atoms with Gasteiger partial charge in [-0.05, 0) is 36.4 Å². The number of para-hydroxylation sites is 6. The van der Waals surface area contributed by atoms with Crippen LogP contribution in [0.15, 0.2) is 146 Å². The van der Waals surface area contributed by atoms with Gasteiger partial charge in [-0.2, -0.15) is 0 Å². The van der Waals surface area contributed by atoms with Crippen molar-refractivity contribution in [3.63, 3.8) is 0 Å². The Kier molecular flexibility index (Phi) is 4.55. The van der Waals surface area contributed by atoms with Crippen LogP contribution in [0.25, 0.3) is 76.2 Å². The van der Waals surface area contributed by atoms with Crippen molar-refractivity contribution in [3.8, 4) is 23.0 Å². The molecule has 0 saturated carbocycles. The molecule has 214 valence electrons. The van der Waals surface area contributed by atoms with E-state index in [1.165, 1.54) is 65.2 Å². The van der Waals surface area contributed by atoms with Crippen molar-refractivity contribution in [1.29, 1.82) is 0 Å². The van der Waals surface area contributed by atoms with Crippen molar-refractivity contribution in [3.05, 3.63) is 146 Å². The summed E-state index contributed by atoms with van der Waals surface area (Å²) in [6.45, 7) is 0. The van der Waals surface area contributed by atoms with Gasteiger partial charge in [0.1, 0.15) is 11.5 Å². The molecule has 0 aliphatic heterocycles. The lowest BCUT2D eigenvalue weighted by molar-refractivity contribution is 0.464. The van der Waals surface area contributed by atoms with Gasteiger partial charge in [0.15, 0.2) is 11.5 Å². The highest BCUT2D eigenvalue weighted by atomic mass is 16.5. The van der Waals surface area contributed by atoms with E-state index in [9.17, 15) is 0 Å². The molecule has 46 heavy (non-hydrogen) atoms. The Hall–Kier alpha value is -6.26. The summed E-state index contributed by atoms with van der Waals surface area (Å²) in [5, 5.41) is 9.85. The fourth-order valence-corrected chi connectivity index (χ4v) is 7.90. The Morgan fingerprint density at radius 2 is 0.652 bits per heavy atom. The fraction of sp³-hybridized carbons (Fsp3) is 0. The molecule has 4 aromatic heterocycles. The van der Waals surface area contributed by atoms with Crippen molar-refractivity contribution in [2.45, 2.75) is 0 Å². The molecule has 0 amide bonds. The van der Waals surface area contributed by atoms with Gasteiger partial charge in [0, 0.05) is 49.2 Å². The molecule has 0 saturated heterocycles. The van der Waals surface area contributed by atoms with Gasteiger partial charge in [0.2, 0.25) is 0 Å². The SMILES string of the molecule is c1cc(Oc2cccc3c4cccc5c6ccccc6n(c23)c54)cc(Oc2cccc3c4cccc5c6ccccc6n(c23)c54)c1. The zero-order valence-electron chi connectivity index (χ0n) is 24.6. The van der Waals surface area contributed by atoms with Crippen LogP contribution >= 0.6 is 0 Å². The maximum atomic E-state index is 6.71. The number of hydrogen-bond donors (Lipinski definition) is 0. The van der Waals surface area contributed by atoms with Crippen LogP contribution in [0, 0.1) is 0 Å². The molecule has 0 radical (unpaired) electrons. The molecule has 4 nitrogen and oxygen atoms in total. The second-order valence-electron chi connectivity index (χ2n) is 12.1. The molecule has 0 aliphatic rings. The first-order valence-electron chi connectivity index (χ1n) is 15.6. The monoisotopic (exact) mass is 588 g/mol. The highest BCUT2D eigenvalue weighted by Crippen LogP contribution is 2.45. The van der Waals surface area contributed by atoms with Gasteiger partial charge >= 0.3 is 0 Å². The van der Waals surface area contributed by atoms with Gasteiger partial charge in [0.05, 0.1) is 33.1 Å². The van der Waals surface area contributed by atoms with Crippen molar-refractivity contribution in [2.75, 3.05) is 0 Å². The number of nitrogens with zero attached hydrogens (tertiary/aromatic N) is 2. The number of ether oxygens (including phenoxy) is 2. The molecule has 0 bridgehead atoms. The third-order valence-electron chi connectivity index (χ3n) is 9.68. The topological polar surface area (TPSA) is 27.3 Å². The highest BCUT2D eigenvalue weighted by Gasteiger charge is 2.21. The van der Waals surface area contributed by atoms with Crippen molar-refractivity contribution < 1.29 is 9.47 Å². The summed E-state index contributed by atoms with van der Waals surface area (Å²) in [4.78, 5) is 0. The van der Waals surface area contributed by atoms with Crippen molar-refractivity contribution in [1.82, 2.24) is 8.80 Å². The molecule has 0 fully saturated rings. The zero-order chi connectivity index (χ0) is 29.9. The van der Waals surface area contributed by atoms with E-state index in [1.54, 1.807) is 0 Å². The molecule has 11 aromatic rings. The van der Waals surface area contributed by atoms with E-state index in [4.69, 9.17) is 9.47 Å². The smallest absolute Gasteiger partial charge is 0.152 e. The summed E-state index contributed by atoms with van der Waals surface area (Å²) in [5.74, 6) is 3.06. The maximum absolute atomic E-state index is 6.71. The largest absolute Gasteiger partial charge is 0.455 e. The van der Waals surface area contributed by atoms with Crippen LogP contribution in [0.5, 0.6) is 23.0 Å². The molecule has 0 spiro atoms. The van der Waals surface area contributed by atoms with Crippen LogP contribution in [-0.4, -0.2) is 8.80 Å². The average Bonchev–Trinajstić information content (AvgIpc) is 3.83. The van der Waals surface area contributed by atoms with E-state index < -0.39 is 0 Å². The van der Waals surface area contributed by atoms with Crippen molar-refractivity contribution in [2.24, 2.45) is 0 Å². The normalized spacial score (nSPS) is 12.3. The maximum Gasteiger partial charge on any atom is 0.152 e. The van der Waals surface area contributed by atoms with Gasteiger partial charge in [-0.15, -0.1) is 0 Å². The Labute approximate surface area is 262 Å². The number of aromatic nitrogens is 2. The lowest BCUT2D eigenvalue weighted by Crippen LogP contribution is -1.91. The molecule has 0 unspecified atom stereocenters. The van der Waals surface area contributed by atoms with Crippen LogP contribution in [0.2, 0.25) is 0 Å². The summed E-state index contributed by atoms with van der Waals surface area (Å²) in [6, 6.07) is 51.0. The van der Waals surface area contributed by atoms with Gasteiger partial charge in [-0.3, -0.25) is 0 Å². The number of benzene rings is 7. The molecular formula is C42H24N2O2. The summed E-state index contributed by atoms with van der Waals surface area (Å²) in [6.07, 6.45) is 0. The minimum atomic E-state index is 0.722. The van der Waals surface area contributed by atoms with E-state index in [1.807, 2.05) is 24.3 Å². The zero-order valence-corrected chi connectivity index (χ0v) is 24.6. The van der Waals surface area contributed by atoms with Gasteiger partial charge in [-0.1, -0.05) is 103 Å². The van der Waals surface area contributed by atoms with Crippen LogP contribution in [0.4, 0.5) is 0 Å². The van der Waals surface area contributed by atoms with Crippen molar-refractivity contribution >= 4 is 76.2 Å². The Morgan fingerprint density at radius 3 is 1.13 bits per heavy atom. The summed E-state index contributed by atoms with van der Waals surface area (Å²) < 4.78 is 18.1. The minimum Gasteiger partial charge on any atom is -0.455 e. The Morgan fingerprint density at radius 1 is 0.304 bits per heavy atom. The molecule has 4 heterocycles. The Balaban J connectivity index is 1.06. The molecule has 4 heteroatoms. The lowest BCUT2D eigenvalue weighted by Gasteiger charge is -2.12. The van der Waals surface area contributed by atoms with Crippen LogP contribution < -0.4 is 9.47 Å². The second kappa shape index (κ2) is 8.68. The predicted octanol–water partition coefficient (Wildman–Crippen LogP) is 11.6. The summed E-state index contributed by atoms with van der Waals surface area (Å²) >= 11 is 0. The number of fused-ring (bicyclic) bond motifs is 12. The molecule has 7 aromatic carbocycles. The van der Waals surface area contributed by atoms with E-state index in [0.717, 1.165) is 34.0 Å². The number of rotatable bonds is 4. The highest BCUT2D eigenvalue weighted by molar-refractivity contribution is 6.25. The standard InChI is InChI=1S/C42H24N2O2/c1-3-20-35-27(12-1)29-14-6-16-31-33-18-8-22-37(41(33)43(35)39(29)31)45-25-10-5-11-26(24-25)46-38-23-9-19-34-32-17-7-15-30-28-13-2-4-21-36(28)44(40(30)32)42(34)38/h1-24H. The first-order chi connectivity index (χ1) is 22.8. The quantitative estimate of drug-likeness (QED) is 0.204. The summed E-state index contributed by atoms with van der Waals surface area (Å²) in [7, 11) is 0. The first-order valence-corrected chi connectivity index (χ1v) is 15.6. The third kappa shape index (κ3) is 3.03. The molecule has 0 atom stereocenters. The predicted molar refractivity (Wildman–Crippen MR) is 189 cm³/mol.